The van der Waals surface area contributed by atoms with E-state index in [9.17, 15) is 4.79 Å². The fourth-order valence-corrected chi connectivity index (χ4v) is 4.12. The fourth-order valence-electron chi connectivity index (χ4n) is 4.12. The number of methoxy groups -OCH3 is 1. The molecule has 3 aromatic rings. The largest absolute Gasteiger partial charge is 0.497 e. The average molecular weight is 432 g/mol. The number of piperazine rings is 1. The monoisotopic (exact) mass is 431 g/mol. The second kappa shape index (κ2) is 8.33. The summed E-state index contributed by atoms with van der Waals surface area (Å²) in [6.07, 6.45) is 2.95. The molecule has 0 aliphatic carbocycles. The lowest BCUT2D eigenvalue weighted by Crippen LogP contribution is -2.52. The van der Waals surface area contributed by atoms with E-state index in [0.29, 0.717) is 11.6 Å². The number of benzene rings is 1. The van der Waals surface area contributed by atoms with Gasteiger partial charge < -0.3 is 14.5 Å². The Kier molecular flexibility index (Phi) is 5.22. The Morgan fingerprint density at radius 2 is 1.81 bits per heavy atom. The van der Waals surface area contributed by atoms with Gasteiger partial charge in [0, 0.05) is 61.6 Å². The Morgan fingerprint density at radius 1 is 1.06 bits per heavy atom. The molecule has 2 aliphatic heterocycles. The Bertz CT molecular complexity index is 1180. The molecule has 0 saturated carbocycles. The number of hydrogen-bond acceptors (Lipinski definition) is 8. The number of ether oxygens (including phenoxy) is 1. The van der Waals surface area contributed by atoms with Gasteiger partial charge >= 0.3 is 0 Å². The second-order valence-electron chi connectivity index (χ2n) is 7.84. The molecular formula is C23H25N7O2. The number of rotatable bonds is 3. The summed E-state index contributed by atoms with van der Waals surface area (Å²) in [6, 6.07) is 13.4. The maximum Gasteiger partial charge on any atom is 0.257 e. The number of aromatic nitrogens is 3. The van der Waals surface area contributed by atoms with Gasteiger partial charge in [0.05, 0.1) is 7.11 Å². The van der Waals surface area contributed by atoms with E-state index in [1.54, 1.807) is 24.1 Å². The molecule has 4 heterocycles. The summed E-state index contributed by atoms with van der Waals surface area (Å²) in [6.45, 7) is 5.14. The number of pyridine rings is 1. The molecule has 9 heteroatoms. The normalized spacial score (nSPS) is 17.9. The van der Waals surface area contributed by atoms with E-state index in [4.69, 9.17) is 9.73 Å². The summed E-state index contributed by atoms with van der Waals surface area (Å²) >= 11 is 0. The topological polar surface area (TPSA) is 87.9 Å². The van der Waals surface area contributed by atoms with Crippen molar-refractivity contribution in [2.75, 3.05) is 43.5 Å². The molecule has 0 spiro atoms. The summed E-state index contributed by atoms with van der Waals surface area (Å²) in [5, 5.41) is 3.29. The van der Waals surface area contributed by atoms with Crippen LogP contribution in [0, 0.1) is 6.92 Å². The highest BCUT2D eigenvalue weighted by molar-refractivity contribution is 5.93. The molecule has 1 aromatic carbocycles. The van der Waals surface area contributed by atoms with Crippen LogP contribution in [0.2, 0.25) is 0 Å². The summed E-state index contributed by atoms with van der Waals surface area (Å²) in [4.78, 5) is 31.0. The van der Waals surface area contributed by atoms with Crippen molar-refractivity contribution in [3.63, 3.8) is 0 Å². The molecule has 0 amide bonds. The van der Waals surface area contributed by atoms with Crippen molar-refractivity contribution >= 4 is 17.6 Å². The van der Waals surface area contributed by atoms with Gasteiger partial charge in [-0.05, 0) is 37.3 Å². The van der Waals surface area contributed by atoms with Crippen LogP contribution in [0.1, 0.15) is 17.4 Å². The van der Waals surface area contributed by atoms with Gasteiger partial charge in [-0.3, -0.25) is 19.7 Å². The third kappa shape index (κ3) is 3.77. The highest BCUT2D eigenvalue weighted by Crippen LogP contribution is 2.26. The lowest BCUT2D eigenvalue weighted by molar-refractivity contribution is 0.376. The molecule has 9 nitrogen and oxygen atoms in total. The highest BCUT2D eigenvalue weighted by Gasteiger charge is 2.29. The first kappa shape index (κ1) is 20.0. The molecule has 2 aliphatic rings. The van der Waals surface area contributed by atoms with Gasteiger partial charge in [-0.25, -0.2) is 9.98 Å². The van der Waals surface area contributed by atoms with Crippen molar-refractivity contribution in [1.82, 2.24) is 19.4 Å². The zero-order valence-corrected chi connectivity index (χ0v) is 18.1. The van der Waals surface area contributed by atoms with Gasteiger partial charge in [0.1, 0.15) is 5.75 Å². The zero-order valence-electron chi connectivity index (χ0n) is 18.1. The molecule has 1 fully saturated rings. The Morgan fingerprint density at radius 3 is 2.50 bits per heavy atom. The summed E-state index contributed by atoms with van der Waals surface area (Å²) in [7, 11) is 1.67. The number of hydrogen-bond donors (Lipinski definition) is 1. The summed E-state index contributed by atoms with van der Waals surface area (Å²) < 4.78 is 6.84. The van der Waals surface area contributed by atoms with Crippen LogP contribution in [0.5, 0.6) is 5.75 Å². The maximum atomic E-state index is 12.8. The van der Waals surface area contributed by atoms with E-state index in [-0.39, 0.29) is 5.56 Å². The highest BCUT2D eigenvalue weighted by atomic mass is 16.5. The molecule has 1 atom stereocenters. The second-order valence-corrected chi connectivity index (χ2v) is 7.84. The SMILES string of the molecule is COc1ccc(N2CCN(C3=NC(c4cccnc4)n4c(nc(C)cc4=O)N3)CC2)cc1. The first-order valence-electron chi connectivity index (χ1n) is 10.6. The van der Waals surface area contributed by atoms with Gasteiger partial charge in [0.15, 0.2) is 6.17 Å². The van der Waals surface area contributed by atoms with E-state index in [1.807, 2.05) is 31.2 Å². The maximum absolute atomic E-state index is 12.8. The van der Waals surface area contributed by atoms with Gasteiger partial charge in [-0.15, -0.1) is 0 Å². The molecule has 5 rings (SSSR count). The third-order valence-electron chi connectivity index (χ3n) is 5.79. The minimum atomic E-state index is -0.504. The van der Waals surface area contributed by atoms with Crippen molar-refractivity contribution in [2.24, 2.45) is 4.99 Å². The standard InChI is InChI=1S/C23H25N7O2/c1-16-14-20(31)30-21(17-4-3-9-24-15-17)26-22(27-23(30)25-16)29-12-10-28(11-13-29)18-5-7-19(32-2)8-6-18/h3-9,14-15,21H,10-13H2,1-2H3,(H,25,26,27). The number of anilines is 2. The lowest BCUT2D eigenvalue weighted by Gasteiger charge is -2.39. The van der Waals surface area contributed by atoms with Crippen molar-refractivity contribution in [3.05, 3.63) is 76.5 Å². The molecule has 164 valence electrons. The number of fused-ring (bicyclic) bond motifs is 1. The van der Waals surface area contributed by atoms with E-state index >= 15 is 0 Å². The fraction of sp³-hybridized carbons (Fsp3) is 0.304. The van der Waals surface area contributed by atoms with Crippen LogP contribution in [0.25, 0.3) is 0 Å². The number of aliphatic imine (C=N–C) groups is 1. The lowest BCUT2D eigenvalue weighted by atomic mass is 10.2. The van der Waals surface area contributed by atoms with Crippen molar-refractivity contribution < 1.29 is 4.74 Å². The van der Waals surface area contributed by atoms with Gasteiger partial charge in [0.2, 0.25) is 11.9 Å². The van der Waals surface area contributed by atoms with Gasteiger partial charge in [-0.2, -0.15) is 0 Å². The predicted molar refractivity (Wildman–Crippen MR) is 123 cm³/mol. The quantitative estimate of drug-likeness (QED) is 0.680. The van der Waals surface area contributed by atoms with Crippen LogP contribution in [0.3, 0.4) is 0 Å². The smallest absolute Gasteiger partial charge is 0.257 e. The molecule has 1 unspecified atom stereocenters. The number of nitrogens with zero attached hydrogens (tertiary/aromatic N) is 6. The number of nitrogens with one attached hydrogen (secondary N) is 1. The van der Waals surface area contributed by atoms with Crippen molar-refractivity contribution in [1.29, 1.82) is 0 Å². The zero-order chi connectivity index (χ0) is 22.1. The Balaban J connectivity index is 1.40. The molecule has 1 N–H and O–H groups in total. The van der Waals surface area contributed by atoms with E-state index in [0.717, 1.165) is 43.5 Å². The number of guanidine groups is 1. The van der Waals surface area contributed by atoms with E-state index < -0.39 is 6.17 Å². The average Bonchev–Trinajstić information content (AvgIpc) is 2.84. The first-order valence-corrected chi connectivity index (χ1v) is 10.6. The molecule has 2 aromatic heterocycles. The minimum absolute atomic E-state index is 0.138. The van der Waals surface area contributed by atoms with Crippen molar-refractivity contribution in [2.45, 2.75) is 13.1 Å². The molecule has 1 saturated heterocycles. The third-order valence-corrected chi connectivity index (χ3v) is 5.79. The molecule has 0 radical (unpaired) electrons. The van der Waals surface area contributed by atoms with Crippen LogP contribution in [0.4, 0.5) is 11.6 Å². The summed E-state index contributed by atoms with van der Waals surface area (Å²) in [5.74, 6) is 2.09. The van der Waals surface area contributed by atoms with Crippen molar-refractivity contribution in [3.8, 4) is 5.75 Å². The minimum Gasteiger partial charge on any atom is -0.497 e. The van der Waals surface area contributed by atoms with Crippen LogP contribution < -0.4 is 20.5 Å². The predicted octanol–water partition coefficient (Wildman–Crippen LogP) is 2.11. The van der Waals surface area contributed by atoms with Crippen LogP contribution in [-0.4, -0.2) is 58.7 Å². The van der Waals surface area contributed by atoms with E-state index in [2.05, 4.69) is 37.2 Å². The van der Waals surface area contributed by atoms with Crippen LogP contribution >= 0.6 is 0 Å². The molecule has 32 heavy (non-hydrogen) atoms. The number of aryl methyl sites for hydroxylation is 1. The van der Waals surface area contributed by atoms with Crippen LogP contribution in [0.15, 0.2) is 64.6 Å². The van der Waals surface area contributed by atoms with Gasteiger partial charge in [0.25, 0.3) is 5.56 Å². The van der Waals surface area contributed by atoms with E-state index in [1.165, 1.54) is 11.8 Å². The Hall–Kier alpha value is -3.88. The van der Waals surface area contributed by atoms with Gasteiger partial charge in [-0.1, -0.05) is 6.07 Å². The Labute approximate surface area is 186 Å². The molecular weight excluding hydrogens is 406 g/mol. The molecule has 0 bridgehead atoms. The first-order chi connectivity index (χ1) is 15.6. The summed E-state index contributed by atoms with van der Waals surface area (Å²) in [5.41, 5.74) is 2.55. The van der Waals surface area contributed by atoms with Crippen LogP contribution in [-0.2, 0) is 0 Å².